The standard InChI is InChI=1S/C12H10I.C12H27N.F6P/c1-3-7-11(8-4-1)13-12-9-5-2-6-10-12;1-4-7-10-13(11-8-5-2)12-9-6-3;1-7(2,3,4,5)6/h1-10H;4-12H2,1-3H3;/q+1;;-1. The van der Waals surface area contributed by atoms with E-state index in [1.165, 1.54) is 65.3 Å². The minimum Gasteiger partial charge on any atom is -0.0619 e. The molecule has 0 aliphatic heterocycles. The molecule has 0 bridgehead atoms. The van der Waals surface area contributed by atoms with E-state index < -0.39 is 7.81 Å². The van der Waals surface area contributed by atoms with Crippen molar-refractivity contribution < 1.29 is 46.4 Å². The molecular weight excluding hydrogens is 574 g/mol. The molecule has 0 aliphatic rings. The topological polar surface area (TPSA) is 3.24 Å². The van der Waals surface area contributed by atoms with Crippen molar-refractivity contribution in [3.05, 3.63) is 67.8 Å². The fourth-order valence-corrected chi connectivity index (χ4v) is 4.83. The summed E-state index contributed by atoms with van der Waals surface area (Å²) < 4.78 is 62.2. The molecule has 0 aromatic heterocycles. The smallest absolute Gasteiger partial charge is 0.0619 e. The molecule has 0 aliphatic carbocycles. The summed E-state index contributed by atoms with van der Waals surface area (Å²) in [5.41, 5.74) is 0. The number of halogens is 7. The fraction of sp³-hybridized carbons (Fsp3) is 0.500. The summed E-state index contributed by atoms with van der Waals surface area (Å²) in [6.45, 7) is 10.8. The molecule has 0 atom stereocenters. The SMILES string of the molecule is CCCCN(CCCC)CCCC.F[P-](F)(F)(F)(F)F.c1ccc([I+]c2ccccc2)cc1. The molecule has 0 heterocycles. The molecule has 0 N–H and O–H groups in total. The van der Waals surface area contributed by atoms with Gasteiger partial charge in [-0.2, -0.15) is 0 Å². The molecule has 2 aromatic rings. The van der Waals surface area contributed by atoms with Crippen LogP contribution in [-0.2, 0) is 0 Å². The Morgan fingerprint density at radius 3 is 1.09 bits per heavy atom. The summed E-state index contributed by atoms with van der Waals surface area (Å²) >= 11 is 0.0287. The Balaban J connectivity index is 0.000000490. The van der Waals surface area contributed by atoms with Crippen LogP contribution in [0.1, 0.15) is 59.3 Å². The number of hydrogen-bond acceptors (Lipinski definition) is 1. The average Bonchev–Trinajstić information content (AvgIpc) is 2.73. The van der Waals surface area contributed by atoms with Crippen molar-refractivity contribution in [3.63, 3.8) is 0 Å². The van der Waals surface area contributed by atoms with E-state index in [1.807, 2.05) is 0 Å². The van der Waals surface area contributed by atoms with E-state index in [0.29, 0.717) is 0 Å². The normalized spacial score (nSPS) is 13.2. The minimum absolute atomic E-state index is 0.0287. The number of hydrogen-bond donors (Lipinski definition) is 0. The third-order valence-electron chi connectivity index (χ3n) is 4.17. The van der Waals surface area contributed by atoms with Gasteiger partial charge in [-0.3, -0.25) is 0 Å². The van der Waals surface area contributed by atoms with Crippen LogP contribution in [0.3, 0.4) is 0 Å². The Kier molecular flexibility index (Phi) is 14.8. The van der Waals surface area contributed by atoms with Gasteiger partial charge in [-0.1, -0.05) is 76.4 Å². The van der Waals surface area contributed by atoms with Gasteiger partial charge >= 0.3 is 54.2 Å². The first-order valence-corrected chi connectivity index (χ1v) is 15.5. The van der Waals surface area contributed by atoms with E-state index in [-0.39, 0.29) is 21.2 Å². The molecule has 9 heteroatoms. The van der Waals surface area contributed by atoms with Crippen LogP contribution in [-0.4, -0.2) is 24.5 Å². The zero-order valence-corrected chi connectivity index (χ0v) is 22.7. The van der Waals surface area contributed by atoms with E-state index in [2.05, 4.69) is 86.3 Å². The van der Waals surface area contributed by atoms with Crippen molar-refractivity contribution in [1.82, 2.24) is 4.90 Å². The molecule has 0 unspecified atom stereocenters. The summed E-state index contributed by atoms with van der Waals surface area (Å²) in [5.74, 6) is 0. The van der Waals surface area contributed by atoms with Gasteiger partial charge in [-0.05, 0) is 63.2 Å². The van der Waals surface area contributed by atoms with E-state index >= 15 is 0 Å². The Morgan fingerprint density at radius 2 is 0.848 bits per heavy atom. The second kappa shape index (κ2) is 15.2. The van der Waals surface area contributed by atoms with Crippen LogP contribution in [0.25, 0.3) is 0 Å². The molecule has 2 rings (SSSR count). The Bertz CT molecular complexity index is 659. The molecular formula is C24H37F6INP. The van der Waals surface area contributed by atoms with Crippen molar-refractivity contribution in [2.24, 2.45) is 0 Å². The summed E-state index contributed by atoms with van der Waals surface area (Å²) in [6.07, 6.45) is 8.09. The van der Waals surface area contributed by atoms with Crippen LogP contribution < -0.4 is 21.2 Å². The molecule has 0 amide bonds. The first-order chi connectivity index (χ1) is 15.2. The van der Waals surface area contributed by atoms with E-state index in [9.17, 15) is 25.2 Å². The van der Waals surface area contributed by atoms with Crippen LogP contribution in [0.2, 0.25) is 0 Å². The summed E-state index contributed by atoms with van der Waals surface area (Å²) in [7, 11) is -10.7. The van der Waals surface area contributed by atoms with E-state index in [4.69, 9.17) is 0 Å². The summed E-state index contributed by atoms with van der Waals surface area (Å²) in [5, 5.41) is 0. The van der Waals surface area contributed by atoms with Crippen molar-refractivity contribution in [2.45, 2.75) is 59.3 Å². The van der Waals surface area contributed by atoms with Crippen LogP contribution >= 0.6 is 7.81 Å². The maximum atomic E-state index is 9.87. The van der Waals surface area contributed by atoms with Crippen LogP contribution in [0.15, 0.2) is 60.7 Å². The largest absolute Gasteiger partial charge is 0.357 e. The van der Waals surface area contributed by atoms with Gasteiger partial charge in [0.2, 0.25) is 0 Å². The van der Waals surface area contributed by atoms with Crippen LogP contribution in [0.5, 0.6) is 0 Å². The van der Waals surface area contributed by atoms with Gasteiger partial charge in [0.1, 0.15) is 0 Å². The maximum Gasteiger partial charge on any atom is 0.357 e. The van der Waals surface area contributed by atoms with E-state index in [0.717, 1.165) is 0 Å². The fourth-order valence-electron chi connectivity index (χ4n) is 2.56. The molecule has 33 heavy (non-hydrogen) atoms. The Morgan fingerprint density at radius 1 is 0.576 bits per heavy atom. The first-order valence-electron chi connectivity index (χ1n) is 11.3. The average molecular weight is 611 g/mol. The number of benzene rings is 2. The molecule has 0 spiro atoms. The zero-order chi connectivity index (χ0) is 25.3. The number of nitrogens with zero attached hydrogens (tertiary/aromatic N) is 1. The van der Waals surface area contributed by atoms with Crippen molar-refractivity contribution in [3.8, 4) is 0 Å². The molecule has 2 aromatic carbocycles. The van der Waals surface area contributed by atoms with E-state index in [1.54, 1.807) is 0 Å². The number of rotatable bonds is 11. The predicted molar refractivity (Wildman–Crippen MR) is 125 cm³/mol. The third kappa shape index (κ3) is 27.3. The van der Waals surface area contributed by atoms with Gasteiger partial charge < -0.3 is 4.90 Å². The van der Waals surface area contributed by atoms with Gasteiger partial charge in [0.05, 0.1) is 0 Å². The third-order valence-corrected chi connectivity index (χ3v) is 6.85. The number of unbranched alkanes of at least 4 members (excludes halogenated alkanes) is 3. The maximum absolute atomic E-state index is 10.7. The Hall–Kier alpha value is -0.860. The monoisotopic (exact) mass is 611 g/mol. The molecule has 1 nitrogen and oxygen atoms in total. The molecule has 0 saturated carbocycles. The molecule has 0 radical (unpaired) electrons. The summed E-state index contributed by atoms with van der Waals surface area (Å²) in [6, 6.07) is 21.4. The zero-order valence-electron chi connectivity index (χ0n) is 19.7. The van der Waals surface area contributed by atoms with Gasteiger partial charge in [-0.15, -0.1) is 0 Å². The van der Waals surface area contributed by atoms with Crippen LogP contribution in [0, 0.1) is 7.14 Å². The Labute approximate surface area is 205 Å². The van der Waals surface area contributed by atoms with Gasteiger partial charge in [0.25, 0.3) is 0 Å². The van der Waals surface area contributed by atoms with Crippen molar-refractivity contribution in [2.75, 3.05) is 19.6 Å². The molecule has 0 saturated heterocycles. The van der Waals surface area contributed by atoms with Gasteiger partial charge in [0, 0.05) is 0 Å². The second-order valence-corrected chi connectivity index (χ2v) is 12.5. The van der Waals surface area contributed by atoms with Crippen molar-refractivity contribution >= 4 is 7.81 Å². The minimum atomic E-state index is -10.7. The van der Waals surface area contributed by atoms with Gasteiger partial charge in [0.15, 0.2) is 7.14 Å². The predicted octanol–water partition coefficient (Wildman–Crippen LogP) is 6.89. The summed E-state index contributed by atoms with van der Waals surface area (Å²) in [4.78, 5) is 2.64. The molecule has 192 valence electrons. The van der Waals surface area contributed by atoms with Crippen molar-refractivity contribution in [1.29, 1.82) is 0 Å². The molecule has 0 fully saturated rings. The van der Waals surface area contributed by atoms with Crippen LogP contribution in [0.4, 0.5) is 25.2 Å². The first kappa shape index (κ1) is 32.1. The second-order valence-electron chi connectivity index (χ2n) is 7.55. The van der Waals surface area contributed by atoms with Gasteiger partial charge in [-0.25, -0.2) is 0 Å². The quantitative estimate of drug-likeness (QED) is 0.152.